The van der Waals surface area contributed by atoms with Crippen LogP contribution in [0.1, 0.15) is 12.8 Å². The van der Waals surface area contributed by atoms with Gasteiger partial charge in [-0.05, 0) is 25.0 Å². The van der Waals surface area contributed by atoms with Crippen LogP contribution < -0.4 is 10.1 Å². The average Bonchev–Trinajstić information content (AvgIpc) is 2.99. The molecule has 1 aliphatic rings. The molecule has 2 atom stereocenters. The largest absolute Gasteiger partial charge is 0.494 e. The van der Waals surface area contributed by atoms with Crippen LogP contribution in [0.3, 0.4) is 0 Å². The van der Waals surface area contributed by atoms with Crippen molar-refractivity contribution in [1.29, 1.82) is 0 Å². The Labute approximate surface area is 124 Å². The highest BCUT2D eigenvalue weighted by atomic mass is 19.1. The number of ether oxygens (including phenoxy) is 3. The number of aliphatic hydroxyl groups is 1. The number of halogens is 1. The van der Waals surface area contributed by atoms with Gasteiger partial charge >= 0.3 is 0 Å². The molecule has 1 aromatic rings. The van der Waals surface area contributed by atoms with Gasteiger partial charge in [0.25, 0.3) is 0 Å². The second kappa shape index (κ2) is 8.17. The molecule has 5 nitrogen and oxygen atoms in total. The summed E-state index contributed by atoms with van der Waals surface area (Å²) in [5.74, 6) is -0.243. The molecule has 118 valence electrons. The van der Waals surface area contributed by atoms with Crippen molar-refractivity contribution in [3.8, 4) is 5.75 Å². The lowest BCUT2D eigenvalue weighted by Gasteiger charge is -2.15. The molecule has 2 N–H and O–H groups in total. The first-order chi connectivity index (χ1) is 10.2. The molecule has 0 spiro atoms. The van der Waals surface area contributed by atoms with Gasteiger partial charge < -0.3 is 24.6 Å². The van der Waals surface area contributed by atoms with E-state index in [0.29, 0.717) is 18.8 Å². The van der Waals surface area contributed by atoms with Crippen LogP contribution in [0, 0.1) is 5.82 Å². The molecule has 0 aromatic heterocycles. The molecule has 1 saturated heterocycles. The van der Waals surface area contributed by atoms with Gasteiger partial charge in [0, 0.05) is 24.9 Å². The fourth-order valence-electron chi connectivity index (χ4n) is 2.18. The number of methoxy groups -OCH3 is 1. The van der Waals surface area contributed by atoms with Crippen molar-refractivity contribution < 1.29 is 23.7 Å². The lowest BCUT2D eigenvalue weighted by Crippen LogP contribution is -2.27. The zero-order chi connectivity index (χ0) is 15.1. The molecule has 1 aliphatic heterocycles. The third-order valence-corrected chi connectivity index (χ3v) is 3.33. The van der Waals surface area contributed by atoms with Gasteiger partial charge in [0.15, 0.2) is 11.6 Å². The Balaban J connectivity index is 1.67. The van der Waals surface area contributed by atoms with E-state index in [2.05, 4.69) is 5.32 Å². The molecule has 21 heavy (non-hydrogen) atoms. The van der Waals surface area contributed by atoms with Gasteiger partial charge in [-0.15, -0.1) is 0 Å². The van der Waals surface area contributed by atoms with Crippen LogP contribution in [0.5, 0.6) is 5.75 Å². The Hall–Kier alpha value is -1.37. The van der Waals surface area contributed by atoms with Gasteiger partial charge in [-0.3, -0.25) is 0 Å². The standard InChI is InChI=1S/C15H22FNO4/c1-19-15-7-11(4-5-14(15)16)17-8-12(18)9-20-10-13-3-2-6-21-13/h4-5,7,12-13,17-18H,2-3,6,8-10H2,1H3. The van der Waals surface area contributed by atoms with Crippen LogP contribution in [0.15, 0.2) is 18.2 Å². The van der Waals surface area contributed by atoms with E-state index < -0.39 is 11.9 Å². The summed E-state index contributed by atoms with van der Waals surface area (Å²) in [6, 6.07) is 4.47. The first-order valence-electron chi connectivity index (χ1n) is 7.14. The van der Waals surface area contributed by atoms with E-state index in [9.17, 15) is 9.50 Å². The van der Waals surface area contributed by atoms with Gasteiger partial charge in [0.2, 0.25) is 0 Å². The fourth-order valence-corrected chi connectivity index (χ4v) is 2.18. The zero-order valence-electron chi connectivity index (χ0n) is 12.2. The van der Waals surface area contributed by atoms with E-state index >= 15 is 0 Å². The highest BCUT2D eigenvalue weighted by Gasteiger charge is 2.16. The number of anilines is 1. The summed E-state index contributed by atoms with van der Waals surface area (Å²) in [4.78, 5) is 0. The van der Waals surface area contributed by atoms with Crippen molar-refractivity contribution in [3.63, 3.8) is 0 Å². The van der Waals surface area contributed by atoms with E-state index in [1.165, 1.54) is 13.2 Å². The average molecular weight is 299 g/mol. The van der Waals surface area contributed by atoms with Gasteiger partial charge in [-0.25, -0.2) is 4.39 Å². The van der Waals surface area contributed by atoms with Gasteiger partial charge in [-0.1, -0.05) is 0 Å². The number of aliphatic hydroxyl groups excluding tert-OH is 1. The van der Waals surface area contributed by atoms with E-state index in [1.807, 2.05) is 0 Å². The van der Waals surface area contributed by atoms with Crippen molar-refractivity contribution >= 4 is 5.69 Å². The monoisotopic (exact) mass is 299 g/mol. The Bertz CT molecular complexity index is 438. The first kappa shape index (κ1) is 16.0. The number of nitrogens with one attached hydrogen (secondary N) is 1. The van der Waals surface area contributed by atoms with Crippen LogP contribution in [-0.4, -0.2) is 50.8 Å². The van der Waals surface area contributed by atoms with E-state index in [-0.39, 0.29) is 18.5 Å². The van der Waals surface area contributed by atoms with Crippen LogP contribution in [-0.2, 0) is 9.47 Å². The molecule has 6 heteroatoms. The Morgan fingerprint density at radius 1 is 1.52 bits per heavy atom. The van der Waals surface area contributed by atoms with Crippen molar-refractivity contribution in [2.75, 3.05) is 38.8 Å². The van der Waals surface area contributed by atoms with Crippen LogP contribution in [0.2, 0.25) is 0 Å². The minimum absolute atomic E-state index is 0.159. The minimum Gasteiger partial charge on any atom is -0.494 e. The van der Waals surface area contributed by atoms with Crippen molar-refractivity contribution in [2.24, 2.45) is 0 Å². The molecule has 2 unspecified atom stereocenters. The summed E-state index contributed by atoms with van der Waals surface area (Å²) in [6.45, 7) is 1.87. The zero-order valence-corrected chi connectivity index (χ0v) is 12.2. The summed E-state index contributed by atoms with van der Waals surface area (Å²) in [7, 11) is 1.41. The molecule has 0 saturated carbocycles. The molecule has 1 heterocycles. The lowest BCUT2D eigenvalue weighted by molar-refractivity contribution is -0.0137. The molecule has 0 bridgehead atoms. The third-order valence-electron chi connectivity index (χ3n) is 3.33. The molecular weight excluding hydrogens is 277 g/mol. The molecule has 0 amide bonds. The summed E-state index contributed by atoms with van der Waals surface area (Å²) in [5.41, 5.74) is 0.687. The predicted octanol–water partition coefficient (Wildman–Crippen LogP) is 1.80. The molecule has 0 radical (unpaired) electrons. The molecule has 2 rings (SSSR count). The molecule has 1 aromatic carbocycles. The lowest BCUT2D eigenvalue weighted by atomic mass is 10.2. The van der Waals surface area contributed by atoms with E-state index in [4.69, 9.17) is 14.2 Å². The smallest absolute Gasteiger partial charge is 0.165 e. The second-order valence-corrected chi connectivity index (χ2v) is 5.06. The van der Waals surface area contributed by atoms with Crippen molar-refractivity contribution in [3.05, 3.63) is 24.0 Å². The fraction of sp³-hybridized carbons (Fsp3) is 0.600. The van der Waals surface area contributed by atoms with Crippen LogP contribution >= 0.6 is 0 Å². The number of hydrogen-bond donors (Lipinski definition) is 2. The quantitative estimate of drug-likeness (QED) is 0.766. The maximum Gasteiger partial charge on any atom is 0.165 e. The van der Waals surface area contributed by atoms with Gasteiger partial charge in [0.1, 0.15) is 0 Å². The predicted molar refractivity (Wildman–Crippen MR) is 77.2 cm³/mol. The highest BCUT2D eigenvalue weighted by molar-refractivity contribution is 5.48. The SMILES string of the molecule is COc1cc(NCC(O)COCC2CCCO2)ccc1F. The minimum atomic E-state index is -0.637. The highest BCUT2D eigenvalue weighted by Crippen LogP contribution is 2.21. The summed E-state index contributed by atoms with van der Waals surface area (Å²) < 4.78 is 29.0. The maximum atomic E-state index is 13.2. The Kier molecular flexibility index (Phi) is 6.22. The number of benzene rings is 1. The van der Waals surface area contributed by atoms with Gasteiger partial charge in [0.05, 0.1) is 32.5 Å². The third kappa shape index (κ3) is 5.15. The summed E-state index contributed by atoms with van der Waals surface area (Å²) >= 11 is 0. The van der Waals surface area contributed by atoms with E-state index in [0.717, 1.165) is 19.4 Å². The maximum absolute atomic E-state index is 13.2. The second-order valence-electron chi connectivity index (χ2n) is 5.06. The van der Waals surface area contributed by atoms with E-state index in [1.54, 1.807) is 12.1 Å². The first-order valence-corrected chi connectivity index (χ1v) is 7.14. The molecular formula is C15H22FNO4. The normalized spacial score (nSPS) is 19.5. The molecule has 0 aliphatic carbocycles. The number of rotatable bonds is 8. The van der Waals surface area contributed by atoms with Crippen molar-refractivity contribution in [2.45, 2.75) is 25.0 Å². The van der Waals surface area contributed by atoms with Crippen LogP contribution in [0.4, 0.5) is 10.1 Å². The Morgan fingerprint density at radius 2 is 2.38 bits per heavy atom. The van der Waals surface area contributed by atoms with Crippen molar-refractivity contribution in [1.82, 2.24) is 0 Å². The molecule has 1 fully saturated rings. The Morgan fingerprint density at radius 3 is 3.10 bits per heavy atom. The topological polar surface area (TPSA) is 60.0 Å². The number of hydrogen-bond acceptors (Lipinski definition) is 5. The van der Waals surface area contributed by atoms with Gasteiger partial charge in [-0.2, -0.15) is 0 Å². The summed E-state index contributed by atoms with van der Waals surface area (Å²) in [5, 5.41) is 12.8. The summed E-state index contributed by atoms with van der Waals surface area (Å²) in [6.07, 6.45) is 1.61. The van der Waals surface area contributed by atoms with Crippen LogP contribution in [0.25, 0.3) is 0 Å².